The zero-order valence-electron chi connectivity index (χ0n) is 24.4. The van der Waals surface area contributed by atoms with Crippen LogP contribution in [0, 0.1) is 5.41 Å². The van der Waals surface area contributed by atoms with E-state index in [9.17, 15) is 4.39 Å². The van der Waals surface area contributed by atoms with Crippen molar-refractivity contribution in [3.8, 4) is 6.01 Å². The normalized spacial score (nSPS) is 28.4. The van der Waals surface area contributed by atoms with Gasteiger partial charge in [-0.2, -0.15) is 9.97 Å². The smallest absolute Gasteiger partial charge is 0.318 e. The van der Waals surface area contributed by atoms with Crippen molar-refractivity contribution in [1.82, 2.24) is 20.2 Å². The summed E-state index contributed by atoms with van der Waals surface area (Å²) in [5, 5.41) is 6.32. The molecule has 5 aliphatic rings. The average molecular weight is 636 g/mol. The third kappa shape index (κ3) is 5.05. The van der Waals surface area contributed by atoms with Crippen molar-refractivity contribution in [3.05, 3.63) is 52.1 Å². The SMILES string of the molecule is C[C@]12CC[C@@H](CN(c3nc(OCC4(CN5CC[C@@H](F)C5)CC4)nc4c3CCN(c3cccc5cccc(Br)c35)C4)C1)N2. The first kappa shape index (κ1) is 27.1. The van der Waals surface area contributed by atoms with Gasteiger partial charge in [0.1, 0.15) is 12.0 Å². The summed E-state index contributed by atoms with van der Waals surface area (Å²) in [7, 11) is 0. The van der Waals surface area contributed by atoms with Gasteiger partial charge in [0.2, 0.25) is 0 Å². The molecule has 0 amide bonds. The molecule has 2 aromatic carbocycles. The number of alkyl halides is 1. The number of nitrogens with zero attached hydrogens (tertiary/aromatic N) is 5. The van der Waals surface area contributed by atoms with Crippen LogP contribution in [-0.2, 0) is 13.0 Å². The highest BCUT2D eigenvalue weighted by Crippen LogP contribution is 2.47. The molecule has 4 aliphatic heterocycles. The van der Waals surface area contributed by atoms with Crippen LogP contribution in [0.5, 0.6) is 6.01 Å². The van der Waals surface area contributed by atoms with Gasteiger partial charge in [0.05, 0.1) is 18.8 Å². The lowest BCUT2D eigenvalue weighted by Crippen LogP contribution is -2.58. The molecule has 8 rings (SSSR count). The number of anilines is 2. The first-order valence-electron chi connectivity index (χ1n) is 15.7. The highest BCUT2D eigenvalue weighted by atomic mass is 79.9. The third-order valence-corrected chi connectivity index (χ3v) is 11.0. The monoisotopic (exact) mass is 634 g/mol. The van der Waals surface area contributed by atoms with Crippen molar-refractivity contribution in [2.45, 2.75) is 69.7 Å². The molecule has 4 fully saturated rings. The molecule has 1 aliphatic carbocycles. The lowest BCUT2D eigenvalue weighted by atomic mass is 9.98. The second-order valence-electron chi connectivity index (χ2n) is 13.8. The van der Waals surface area contributed by atoms with Crippen LogP contribution in [0.3, 0.4) is 0 Å². The molecule has 9 heteroatoms. The first-order chi connectivity index (χ1) is 20.4. The number of nitrogens with one attached hydrogen (secondary N) is 1. The Morgan fingerprint density at radius 1 is 1.05 bits per heavy atom. The fourth-order valence-electron chi connectivity index (χ4n) is 7.91. The number of rotatable bonds is 7. The highest BCUT2D eigenvalue weighted by Gasteiger charge is 2.46. The quantitative estimate of drug-likeness (QED) is 0.369. The van der Waals surface area contributed by atoms with Crippen molar-refractivity contribution in [3.63, 3.8) is 0 Å². The van der Waals surface area contributed by atoms with Crippen LogP contribution in [0.2, 0.25) is 0 Å². The zero-order chi connectivity index (χ0) is 28.5. The van der Waals surface area contributed by atoms with Crippen LogP contribution in [0.25, 0.3) is 10.8 Å². The average Bonchev–Trinajstić information content (AvgIpc) is 3.54. The van der Waals surface area contributed by atoms with E-state index in [-0.39, 0.29) is 11.0 Å². The standard InChI is InChI=1S/C33H40BrFN6O/c1-32-11-8-24(38-32)17-41(19-32)30-25-10-15-40(28-7-3-5-22-4-2-6-26(34)29(22)28)18-27(25)36-31(37-30)42-21-33(12-13-33)20-39-14-9-23(35)16-39/h2-7,23-24,38H,8-21H2,1H3/t23-,24+,32+/m1/s1. The van der Waals surface area contributed by atoms with Crippen molar-refractivity contribution < 1.29 is 9.13 Å². The number of piperazine rings is 1. The summed E-state index contributed by atoms with van der Waals surface area (Å²) in [5.41, 5.74) is 3.81. The Bertz CT molecular complexity index is 1510. The van der Waals surface area contributed by atoms with E-state index < -0.39 is 6.17 Å². The summed E-state index contributed by atoms with van der Waals surface area (Å²) in [6.07, 6.45) is 5.54. The fourth-order valence-corrected chi connectivity index (χ4v) is 8.50. The molecule has 2 bridgehead atoms. The number of halogens is 2. The molecule has 0 unspecified atom stereocenters. The summed E-state index contributed by atoms with van der Waals surface area (Å²) in [4.78, 5) is 17.5. The number of ether oxygens (including phenoxy) is 1. The Morgan fingerprint density at radius 2 is 1.90 bits per heavy atom. The van der Waals surface area contributed by atoms with E-state index in [0.29, 0.717) is 31.6 Å². The number of aromatic nitrogens is 2. The molecule has 3 atom stereocenters. The Balaban J connectivity index is 1.10. The van der Waals surface area contributed by atoms with Gasteiger partial charge in [-0.1, -0.05) is 40.2 Å². The van der Waals surface area contributed by atoms with E-state index in [4.69, 9.17) is 14.7 Å². The Kier molecular flexibility index (Phi) is 6.65. The Labute approximate surface area is 255 Å². The van der Waals surface area contributed by atoms with Crippen LogP contribution >= 0.6 is 15.9 Å². The van der Waals surface area contributed by atoms with Gasteiger partial charge in [0.15, 0.2) is 0 Å². The molecule has 3 aromatic rings. The molecule has 5 heterocycles. The van der Waals surface area contributed by atoms with Gasteiger partial charge in [-0.15, -0.1) is 0 Å². The van der Waals surface area contributed by atoms with Crippen LogP contribution in [0.15, 0.2) is 40.9 Å². The number of hydrogen-bond donors (Lipinski definition) is 1. The Hall–Kier alpha value is -2.49. The largest absolute Gasteiger partial charge is 0.463 e. The summed E-state index contributed by atoms with van der Waals surface area (Å²) < 4.78 is 21.4. The van der Waals surface area contributed by atoms with Crippen LogP contribution in [-0.4, -0.2) is 78.5 Å². The predicted octanol–water partition coefficient (Wildman–Crippen LogP) is 5.49. The molecule has 7 nitrogen and oxygen atoms in total. The van der Waals surface area contributed by atoms with Crippen molar-refractivity contribution >= 4 is 38.2 Å². The van der Waals surface area contributed by atoms with Crippen LogP contribution in [0.1, 0.15) is 50.3 Å². The van der Waals surface area contributed by atoms with Gasteiger partial charge in [-0.3, -0.25) is 4.90 Å². The molecular weight excluding hydrogens is 595 g/mol. The summed E-state index contributed by atoms with van der Waals surface area (Å²) in [6.45, 7) is 8.85. The second-order valence-corrected chi connectivity index (χ2v) is 14.6. The molecule has 3 saturated heterocycles. The first-order valence-corrected chi connectivity index (χ1v) is 16.5. The van der Waals surface area contributed by atoms with E-state index in [2.05, 4.69) is 79.3 Å². The number of hydrogen-bond acceptors (Lipinski definition) is 7. The van der Waals surface area contributed by atoms with E-state index in [1.165, 1.54) is 34.9 Å². The van der Waals surface area contributed by atoms with Gasteiger partial charge in [-0.25, -0.2) is 4.39 Å². The predicted molar refractivity (Wildman–Crippen MR) is 168 cm³/mol. The zero-order valence-corrected chi connectivity index (χ0v) is 26.0. The van der Waals surface area contributed by atoms with Crippen molar-refractivity contribution in [2.75, 3.05) is 55.7 Å². The van der Waals surface area contributed by atoms with Gasteiger partial charge in [-0.05, 0) is 63.0 Å². The molecule has 222 valence electrons. The molecule has 42 heavy (non-hydrogen) atoms. The number of benzene rings is 2. The summed E-state index contributed by atoms with van der Waals surface area (Å²) in [6, 6.07) is 13.9. The summed E-state index contributed by atoms with van der Waals surface area (Å²) >= 11 is 3.81. The molecule has 1 aromatic heterocycles. The minimum Gasteiger partial charge on any atom is -0.463 e. The maximum absolute atomic E-state index is 13.8. The minimum absolute atomic E-state index is 0.104. The highest BCUT2D eigenvalue weighted by molar-refractivity contribution is 9.10. The molecule has 1 saturated carbocycles. The van der Waals surface area contributed by atoms with E-state index in [1.807, 2.05) is 0 Å². The van der Waals surface area contributed by atoms with E-state index >= 15 is 0 Å². The second kappa shape index (κ2) is 10.3. The lowest BCUT2D eigenvalue weighted by Gasteiger charge is -2.41. The van der Waals surface area contributed by atoms with Gasteiger partial charge in [0.25, 0.3) is 0 Å². The maximum atomic E-state index is 13.8. The summed E-state index contributed by atoms with van der Waals surface area (Å²) in [5.74, 6) is 1.07. The number of fused-ring (bicyclic) bond motifs is 4. The van der Waals surface area contributed by atoms with Crippen molar-refractivity contribution in [2.24, 2.45) is 5.41 Å². The van der Waals surface area contributed by atoms with Crippen LogP contribution < -0.4 is 19.9 Å². The van der Waals surface area contributed by atoms with E-state index in [1.54, 1.807) is 0 Å². The van der Waals surface area contributed by atoms with Crippen molar-refractivity contribution in [1.29, 1.82) is 0 Å². The van der Waals surface area contributed by atoms with Gasteiger partial charge < -0.3 is 19.9 Å². The molecule has 1 N–H and O–H groups in total. The van der Waals surface area contributed by atoms with E-state index in [0.717, 1.165) is 74.5 Å². The van der Waals surface area contributed by atoms with Gasteiger partial charge in [0, 0.05) is 77.4 Å². The maximum Gasteiger partial charge on any atom is 0.318 e. The van der Waals surface area contributed by atoms with Crippen LogP contribution in [0.4, 0.5) is 15.9 Å². The third-order valence-electron chi connectivity index (χ3n) is 10.3. The number of likely N-dealkylation sites (tertiary alicyclic amines) is 1. The fraction of sp³-hybridized carbons (Fsp3) is 0.576. The topological polar surface area (TPSA) is 56.8 Å². The van der Waals surface area contributed by atoms with Gasteiger partial charge >= 0.3 is 6.01 Å². The molecule has 0 radical (unpaired) electrons. The Morgan fingerprint density at radius 3 is 2.69 bits per heavy atom. The minimum atomic E-state index is -0.685. The molecule has 0 spiro atoms. The molecular formula is C33H40BrFN6O. The lowest BCUT2D eigenvalue weighted by molar-refractivity contribution is 0.164.